The Bertz CT molecular complexity index is 350. The Morgan fingerprint density at radius 3 is 2.80 bits per heavy atom. The SMILES string of the molecule is CCOC(=O)Cc1cc(CBr)ccc1Br. The van der Waals surface area contributed by atoms with Crippen molar-refractivity contribution in [2.24, 2.45) is 0 Å². The van der Waals surface area contributed by atoms with E-state index < -0.39 is 0 Å². The van der Waals surface area contributed by atoms with Gasteiger partial charge in [0.05, 0.1) is 13.0 Å². The first-order valence-corrected chi connectivity index (χ1v) is 6.57. The highest BCUT2D eigenvalue weighted by atomic mass is 79.9. The molecule has 0 amide bonds. The third-order valence-corrected chi connectivity index (χ3v) is 3.33. The van der Waals surface area contributed by atoms with Crippen LogP contribution in [-0.4, -0.2) is 12.6 Å². The smallest absolute Gasteiger partial charge is 0.310 e. The number of hydrogen-bond donors (Lipinski definition) is 0. The van der Waals surface area contributed by atoms with Gasteiger partial charge in [-0.15, -0.1) is 0 Å². The number of alkyl halides is 1. The normalized spacial score (nSPS) is 10.1. The van der Waals surface area contributed by atoms with Gasteiger partial charge < -0.3 is 4.74 Å². The van der Waals surface area contributed by atoms with Gasteiger partial charge in [0, 0.05) is 9.80 Å². The maximum atomic E-state index is 11.3. The zero-order chi connectivity index (χ0) is 11.3. The number of ether oxygens (including phenoxy) is 1. The third kappa shape index (κ3) is 3.95. The Balaban J connectivity index is 2.79. The van der Waals surface area contributed by atoms with Crippen LogP contribution in [0.2, 0.25) is 0 Å². The van der Waals surface area contributed by atoms with E-state index in [1.54, 1.807) is 0 Å². The van der Waals surface area contributed by atoms with Crippen molar-refractivity contribution >= 4 is 37.8 Å². The van der Waals surface area contributed by atoms with E-state index in [1.807, 2.05) is 25.1 Å². The molecule has 1 aromatic carbocycles. The van der Waals surface area contributed by atoms with Crippen molar-refractivity contribution in [2.45, 2.75) is 18.7 Å². The lowest BCUT2D eigenvalue weighted by Gasteiger charge is -2.06. The number of esters is 1. The van der Waals surface area contributed by atoms with Gasteiger partial charge in [0.1, 0.15) is 0 Å². The van der Waals surface area contributed by atoms with Crippen LogP contribution < -0.4 is 0 Å². The van der Waals surface area contributed by atoms with Crippen LogP contribution in [0.4, 0.5) is 0 Å². The highest BCUT2D eigenvalue weighted by Gasteiger charge is 2.08. The highest BCUT2D eigenvalue weighted by Crippen LogP contribution is 2.20. The van der Waals surface area contributed by atoms with Crippen molar-refractivity contribution in [3.05, 3.63) is 33.8 Å². The highest BCUT2D eigenvalue weighted by molar-refractivity contribution is 9.10. The minimum absolute atomic E-state index is 0.190. The number of halogens is 2. The second-order valence-corrected chi connectivity index (χ2v) is 4.46. The van der Waals surface area contributed by atoms with Gasteiger partial charge in [-0.2, -0.15) is 0 Å². The van der Waals surface area contributed by atoms with E-state index in [4.69, 9.17) is 4.74 Å². The predicted octanol–water partition coefficient (Wildman–Crippen LogP) is 3.45. The number of hydrogen-bond acceptors (Lipinski definition) is 2. The van der Waals surface area contributed by atoms with Crippen LogP contribution in [-0.2, 0) is 21.3 Å². The molecule has 0 N–H and O–H groups in total. The van der Waals surface area contributed by atoms with E-state index in [0.29, 0.717) is 13.0 Å². The molecular weight excluding hydrogens is 324 g/mol. The zero-order valence-electron chi connectivity index (χ0n) is 8.43. The fourth-order valence-electron chi connectivity index (χ4n) is 1.21. The Morgan fingerprint density at radius 2 is 2.20 bits per heavy atom. The Kier molecular flexibility index (Phi) is 5.32. The average molecular weight is 336 g/mol. The first kappa shape index (κ1) is 12.7. The molecule has 0 radical (unpaired) electrons. The molecule has 15 heavy (non-hydrogen) atoms. The predicted molar refractivity (Wildman–Crippen MR) is 67.1 cm³/mol. The molecular formula is C11H12Br2O2. The fraction of sp³-hybridized carbons (Fsp3) is 0.364. The molecule has 0 atom stereocenters. The van der Waals surface area contributed by atoms with E-state index in [0.717, 1.165) is 20.9 Å². The van der Waals surface area contributed by atoms with Crippen LogP contribution in [0.25, 0.3) is 0 Å². The van der Waals surface area contributed by atoms with Gasteiger partial charge >= 0.3 is 5.97 Å². The molecule has 2 nitrogen and oxygen atoms in total. The molecule has 0 saturated heterocycles. The molecule has 0 unspecified atom stereocenters. The van der Waals surface area contributed by atoms with Crippen molar-refractivity contribution in [3.8, 4) is 0 Å². The molecule has 4 heteroatoms. The monoisotopic (exact) mass is 334 g/mol. The summed E-state index contributed by atoms with van der Waals surface area (Å²) in [6, 6.07) is 5.95. The molecule has 0 aliphatic rings. The van der Waals surface area contributed by atoms with Gasteiger partial charge in [0.15, 0.2) is 0 Å². The first-order valence-electron chi connectivity index (χ1n) is 4.66. The Morgan fingerprint density at radius 1 is 1.47 bits per heavy atom. The van der Waals surface area contributed by atoms with E-state index in [9.17, 15) is 4.79 Å². The van der Waals surface area contributed by atoms with Crippen molar-refractivity contribution in [1.82, 2.24) is 0 Å². The zero-order valence-corrected chi connectivity index (χ0v) is 11.6. The fourth-order valence-corrected chi connectivity index (χ4v) is 1.95. The molecule has 0 fully saturated rings. The average Bonchev–Trinajstić information content (AvgIpc) is 2.21. The van der Waals surface area contributed by atoms with Gasteiger partial charge in [-0.25, -0.2) is 0 Å². The second kappa shape index (κ2) is 6.28. The number of carbonyl (C=O) groups is 1. The van der Waals surface area contributed by atoms with Crippen LogP contribution in [0.5, 0.6) is 0 Å². The van der Waals surface area contributed by atoms with Crippen LogP contribution in [0, 0.1) is 0 Å². The van der Waals surface area contributed by atoms with E-state index in [1.165, 1.54) is 0 Å². The lowest BCUT2D eigenvalue weighted by molar-refractivity contribution is -0.142. The number of rotatable bonds is 4. The lowest BCUT2D eigenvalue weighted by Crippen LogP contribution is -2.08. The summed E-state index contributed by atoms with van der Waals surface area (Å²) < 4.78 is 5.85. The quantitative estimate of drug-likeness (QED) is 0.622. The molecule has 0 aliphatic heterocycles. The topological polar surface area (TPSA) is 26.3 Å². The Hall–Kier alpha value is -0.350. The molecule has 0 bridgehead atoms. The second-order valence-electron chi connectivity index (χ2n) is 3.04. The number of benzene rings is 1. The molecule has 0 spiro atoms. The third-order valence-electron chi connectivity index (χ3n) is 1.90. The number of carbonyl (C=O) groups excluding carboxylic acids is 1. The molecule has 1 aromatic rings. The lowest BCUT2D eigenvalue weighted by atomic mass is 10.1. The van der Waals surface area contributed by atoms with Gasteiger partial charge in [-0.1, -0.05) is 44.0 Å². The summed E-state index contributed by atoms with van der Waals surface area (Å²) in [5.74, 6) is -0.190. The summed E-state index contributed by atoms with van der Waals surface area (Å²) >= 11 is 6.80. The van der Waals surface area contributed by atoms with Crippen LogP contribution in [0.15, 0.2) is 22.7 Å². The summed E-state index contributed by atoms with van der Waals surface area (Å²) in [6.07, 6.45) is 0.315. The van der Waals surface area contributed by atoms with Gasteiger partial charge in [-0.3, -0.25) is 4.79 Å². The first-order chi connectivity index (χ1) is 7.17. The molecule has 82 valence electrons. The molecule has 0 heterocycles. The van der Waals surface area contributed by atoms with Crippen LogP contribution in [0.3, 0.4) is 0 Å². The summed E-state index contributed by atoms with van der Waals surface area (Å²) in [5.41, 5.74) is 2.11. The van der Waals surface area contributed by atoms with E-state index in [2.05, 4.69) is 31.9 Å². The minimum atomic E-state index is -0.190. The largest absolute Gasteiger partial charge is 0.466 e. The molecule has 1 rings (SSSR count). The van der Waals surface area contributed by atoms with Crippen LogP contribution >= 0.6 is 31.9 Å². The summed E-state index contributed by atoms with van der Waals surface area (Å²) in [7, 11) is 0. The van der Waals surface area contributed by atoms with E-state index in [-0.39, 0.29) is 5.97 Å². The molecule has 0 aromatic heterocycles. The summed E-state index contributed by atoms with van der Waals surface area (Å²) in [6.45, 7) is 2.23. The van der Waals surface area contributed by atoms with Gasteiger partial charge in [0.25, 0.3) is 0 Å². The van der Waals surface area contributed by atoms with Crippen molar-refractivity contribution in [3.63, 3.8) is 0 Å². The molecule has 0 saturated carbocycles. The standard InChI is InChI=1S/C11H12Br2O2/c1-2-15-11(14)6-9-5-8(7-12)3-4-10(9)13/h3-5H,2,6-7H2,1H3. The minimum Gasteiger partial charge on any atom is -0.466 e. The maximum absolute atomic E-state index is 11.3. The van der Waals surface area contributed by atoms with Gasteiger partial charge in [-0.05, 0) is 24.1 Å². The van der Waals surface area contributed by atoms with Crippen molar-refractivity contribution < 1.29 is 9.53 Å². The van der Waals surface area contributed by atoms with Crippen LogP contribution in [0.1, 0.15) is 18.1 Å². The van der Waals surface area contributed by atoms with Gasteiger partial charge in [0.2, 0.25) is 0 Å². The van der Waals surface area contributed by atoms with Crippen molar-refractivity contribution in [2.75, 3.05) is 6.61 Å². The Labute approximate surface area is 106 Å². The summed E-state index contributed by atoms with van der Waals surface area (Å²) in [5, 5.41) is 0.788. The maximum Gasteiger partial charge on any atom is 0.310 e. The summed E-state index contributed by atoms with van der Waals surface area (Å²) in [4.78, 5) is 11.3. The van der Waals surface area contributed by atoms with E-state index >= 15 is 0 Å². The van der Waals surface area contributed by atoms with Crippen molar-refractivity contribution in [1.29, 1.82) is 0 Å². The molecule has 0 aliphatic carbocycles.